The van der Waals surface area contributed by atoms with Gasteiger partial charge < -0.3 is 19.4 Å². The number of halogens is 1. The summed E-state index contributed by atoms with van der Waals surface area (Å²) in [7, 11) is 0. The van der Waals surface area contributed by atoms with Gasteiger partial charge >= 0.3 is 0 Å². The molecule has 4 heterocycles. The number of amides is 1. The number of carbonyl (C=O) groups excluding carboxylic acids is 1. The van der Waals surface area contributed by atoms with Crippen LogP contribution in [0, 0.1) is 5.92 Å². The van der Waals surface area contributed by atoms with Crippen LogP contribution < -0.4 is 10.1 Å². The quantitative estimate of drug-likeness (QED) is 0.919. The molecule has 3 fully saturated rings. The van der Waals surface area contributed by atoms with Crippen LogP contribution in [0.15, 0.2) is 40.8 Å². The van der Waals surface area contributed by atoms with E-state index in [1.165, 1.54) is 0 Å². The van der Waals surface area contributed by atoms with E-state index in [0.29, 0.717) is 16.7 Å². The molecule has 3 saturated heterocycles. The van der Waals surface area contributed by atoms with Crippen molar-refractivity contribution < 1.29 is 13.9 Å². The summed E-state index contributed by atoms with van der Waals surface area (Å²) >= 11 is 6.06. The summed E-state index contributed by atoms with van der Waals surface area (Å²) in [6.45, 7) is 3.22. The maximum absolute atomic E-state index is 12.4. The minimum absolute atomic E-state index is 0.192. The summed E-state index contributed by atoms with van der Waals surface area (Å²) in [6.07, 6.45) is 2.31. The Morgan fingerprint density at radius 1 is 1.21 bits per heavy atom. The molecule has 1 aromatic carbocycles. The first kappa shape index (κ1) is 15.5. The highest BCUT2D eigenvalue weighted by Crippen LogP contribution is 2.30. The Morgan fingerprint density at radius 2 is 2.00 bits per heavy atom. The van der Waals surface area contributed by atoms with Crippen LogP contribution in [0.25, 0.3) is 0 Å². The lowest BCUT2D eigenvalue weighted by atomic mass is 9.84. The van der Waals surface area contributed by atoms with E-state index in [2.05, 4.69) is 10.2 Å². The van der Waals surface area contributed by atoms with Crippen LogP contribution in [0.3, 0.4) is 0 Å². The highest BCUT2D eigenvalue weighted by atomic mass is 35.5. The zero-order valence-electron chi connectivity index (χ0n) is 13.2. The second-order valence-electron chi connectivity index (χ2n) is 6.37. The molecule has 0 spiro atoms. The number of nitrogens with one attached hydrogen (secondary N) is 1. The maximum atomic E-state index is 12.4. The van der Waals surface area contributed by atoms with Gasteiger partial charge in [0.05, 0.1) is 5.02 Å². The lowest BCUT2D eigenvalue weighted by Crippen LogP contribution is -2.57. The smallest absolute Gasteiger partial charge is 0.290 e. The summed E-state index contributed by atoms with van der Waals surface area (Å²) in [5.41, 5.74) is 0. The van der Waals surface area contributed by atoms with Crippen molar-refractivity contribution in [2.24, 2.45) is 5.92 Å². The number of fused-ring (bicyclic) bond motifs is 3. The maximum Gasteiger partial charge on any atom is 0.290 e. The predicted molar refractivity (Wildman–Crippen MR) is 90.7 cm³/mol. The number of nitrogens with zero attached hydrogens (tertiary/aromatic N) is 1. The average Bonchev–Trinajstić information content (AvgIpc) is 3.07. The molecule has 0 radical (unpaired) electrons. The van der Waals surface area contributed by atoms with Gasteiger partial charge in [-0.1, -0.05) is 23.7 Å². The average molecular weight is 347 g/mol. The molecule has 3 aliphatic heterocycles. The van der Waals surface area contributed by atoms with Crippen LogP contribution in [-0.4, -0.2) is 36.5 Å². The van der Waals surface area contributed by atoms with Gasteiger partial charge in [0.2, 0.25) is 0 Å². The van der Waals surface area contributed by atoms with Crippen molar-refractivity contribution in [2.75, 3.05) is 19.6 Å². The predicted octanol–water partition coefficient (Wildman–Crippen LogP) is 3.55. The van der Waals surface area contributed by atoms with Crippen LogP contribution in [-0.2, 0) is 0 Å². The Hall–Kier alpha value is -1.98. The number of benzene rings is 1. The number of para-hydroxylation sites is 1. The molecule has 1 amide bonds. The fraction of sp³-hybridized carbons (Fsp3) is 0.389. The third-order valence-electron chi connectivity index (χ3n) is 4.82. The van der Waals surface area contributed by atoms with Crippen molar-refractivity contribution in [1.82, 2.24) is 10.2 Å². The van der Waals surface area contributed by atoms with E-state index in [9.17, 15) is 4.79 Å². The Bertz CT molecular complexity index is 737. The van der Waals surface area contributed by atoms with Crippen molar-refractivity contribution >= 4 is 17.5 Å². The summed E-state index contributed by atoms with van der Waals surface area (Å²) in [5, 5.41) is 3.59. The molecule has 1 aromatic heterocycles. The van der Waals surface area contributed by atoms with E-state index < -0.39 is 0 Å². The van der Waals surface area contributed by atoms with E-state index in [4.69, 9.17) is 20.8 Å². The number of piperidine rings is 3. The minimum Gasteiger partial charge on any atom is -0.424 e. The van der Waals surface area contributed by atoms with Crippen LogP contribution in [0.1, 0.15) is 23.4 Å². The van der Waals surface area contributed by atoms with E-state index in [1.54, 1.807) is 24.3 Å². The monoisotopic (exact) mass is 346 g/mol. The Balaban J connectivity index is 1.41. The van der Waals surface area contributed by atoms with Crippen molar-refractivity contribution in [1.29, 1.82) is 0 Å². The van der Waals surface area contributed by atoms with Crippen LogP contribution >= 0.6 is 11.6 Å². The molecule has 0 unspecified atom stereocenters. The van der Waals surface area contributed by atoms with Crippen LogP contribution in [0.2, 0.25) is 5.02 Å². The Morgan fingerprint density at radius 3 is 2.71 bits per heavy atom. The number of furan rings is 1. The number of ether oxygens (including phenoxy) is 1. The molecule has 1 N–H and O–H groups in total. The summed E-state index contributed by atoms with van der Waals surface area (Å²) in [4.78, 5) is 14.8. The van der Waals surface area contributed by atoms with Crippen LogP contribution in [0.4, 0.5) is 0 Å². The number of hydrogen-bond acceptors (Lipinski definition) is 4. The number of hydrogen-bond donors (Lipinski definition) is 1. The molecule has 0 aliphatic carbocycles. The molecule has 0 saturated carbocycles. The molecule has 5 rings (SSSR count). The van der Waals surface area contributed by atoms with Gasteiger partial charge in [0, 0.05) is 18.7 Å². The second-order valence-corrected chi connectivity index (χ2v) is 6.78. The Kier molecular flexibility index (Phi) is 4.21. The zero-order valence-corrected chi connectivity index (χ0v) is 14.0. The van der Waals surface area contributed by atoms with Gasteiger partial charge in [0.1, 0.15) is 5.75 Å². The van der Waals surface area contributed by atoms with Gasteiger partial charge in [-0.15, -0.1) is 0 Å². The molecule has 2 bridgehead atoms. The first-order chi connectivity index (χ1) is 11.7. The third kappa shape index (κ3) is 3.14. The van der Waals surface area contributed by atoms with Gasteiger partial charge in [-0.05, 0) is 50.0 Å². The summed E-state index contributed by atoms with van der Waals surface area (Å²) in [6, 6.07) is 10.6. The van der Waals surface area contributed by atoms with Crippen molar-refractivity contribution in [3.63, 3.8) is 0 Å². The van der Waals surface area contributed by atoms with Gasteiger partial charge in [0.25, 0.3) is 11.9 Å². The number of carbonyl (C=O) groups is 1. The zero-order chi connectivity index (χ0) is 16.5. The third-order valence-corrected chi connectivity index (χ3v) is 5.14. The highest BCUT2D eigenvalue weighted by Gasteiger charge is 2.35. The number of rotatable bonds is 4. The van der Waals surface area contributed by atoms with E-state index in [0.717, 1.165) is 32.5 Å². The second kappa shape index (κ2) is 6.49. The van der Waals surface area contributed by atoms with Gasteiger partial charge in [-0.25, -0.2) is 0 Å². The molecule has 2 aromatic rings. The van der Waals surface area contributed by atoms with E-state index >= 15 is 0 Å². The fourth-order valence-electron chi connectivity index (χ4n) is 3.50. The van der Waals surface area contributed by atoms with Gasteiger partial charge in [-0.2, -0.15) is 0 Å². The molecule has 126 valence electrons. The molecule has 6 heteroatoms. The van der Waals surface area contributed by atoms with E-state index in [-0.39, 0.29) is 23.7 Å². The minimum atomic E-state index is -0.192. The lowest BCUT2D eigenvalue weighted by molar-refractivity contribution is 0.0603. The SMILES string of the molecule is O=C(N[C@H]1CN2CCC1CC2)c1ccc(Oc2ccccc2Cl)o1. The molecule has 24 heavy (non-hydrogen) atoms. The fourth-order valence-corrected chi connectivity index (χ4v) is 3.68. The van der Waals surface area contributed by atoms with Gasteiger partial charge in [0.15, 0.2) is 5.76 Å². The summed E-state index contributed by atoms with van der Waals surface area (Å²) < 4.78 is 11.1. The first-order valence-electron chi connectivity index (χ1n) is 8.24. The molecular formula is C18H19ClN2O3. The molecule has 1 atom stereocenters. The lowest BCUT2D eigenvalue weighted by Gasteiger charge is -2.44. The van der Waals surface area contributed by atoms with Crippen molar-refractivity contribution in [3.8, 4) is 11.7 Å². The molecule has 5 nitrogen and oxygen atoms in total. The Labute approximate surface area is 145 Å². The van der Waals surface area contributed by atoms with Crippen LogP contribution in [0.5, 0.6) is 11.7 Å². The largest absolute Gasteiger partial charge is 0.424 e. The first-order valence-corrected chi connectivity index (χ1v) is 8.62. The van der Waals surface area contributed by atoms with E-state index in [1.807, 2.05) is 12.1 Å². The van der Waals surface area contributed by atoms with Crippen molar-refractivity contribution in [2.45, 2.75) is 18.9 Å². The standard InChI is InChI=1S/C18H19ClN2O3/c19-13-3-1-2-4-15(13)23-17-6-5-16(24-17)18(22)20-14-11-21-9-7-12(14)8-10-21/h1-6,12,14H,7-11H2,(H,20,22)/t14-/m0/s1. The highest BCUT2D eigenvalue weighted by molar-refractivity contribution is 6.32. The van der Waals surface area contributed by atoms with Crippen molar-refractivity contribution in [3.05, 3.63) is 47.2 Å². The summed E-state index contributed by atoms with van der Waals surface area (Å²) in [5.74, 6) is 1.39. The topological polar surface area (TPSA) is 54.7 Å². The van der Waals surface area contributed by atoms with Gasteiger partial charge in [-0.3, -0.25) is 4.79 Å². The normalized spacial score (nSPS) is 25.5. The molecular weight excluding hydrogens is 328 g/mol. The molecule has 3 aliphatic rings.